The maximum absolute atomic E-state index is 12.1. The Hall–Kier alpha value is -1.88. The maximum atomic E-state index is 12.1. The van der Waals surface area contributed by atoms with Gasteiger partial charge in [-0.15, -0.1) is 0 Å². The fourth-order valence-corrected chi connectivity index (χ4v) is 2.19. The highest BCUT2D eigenvalue weighted by Gasteiger charge is 2.09. The normalized spacial score (nSPS) is 10.5. The number of amides is 2. The number of rotatable bonds is 9. The molecule has 0 aliphatic heterocycles. The molecule has 0 aliphatic rings. The predicted octanol–water partition coefficient (Wildman–Crippen LogP) is 3.10. The molecular formula is C17H27N3O2. The van der Waals surface area contributed by atoms with Gasteiger partial charge in [-0.2, -0.15) is 0 Å². The molecule has 122 valence electrons. The van der Waals surface area contributed by atoms with Crippen LogP contribution in [-0.4, -0.2) is 36.3 Å². The third kappa shape index (κ3) is 6.72. The third-order valence-corrected chi connectivity index (χ3v) is 3.22. The van der Waals surface area contributed by atoms with Crippen LogP contribution in [0.5, 0.6) is 0 Å². The molecule has 1 rings (SSSR count). The van der Waals surface area contributed by atoms with Crippen molar-refractivity contribution in [2.75, 3.05) is 30.3 Å². The Morgan fingerprint density at radius 3 is 1.73 bits per heavy atom. The zero-order chi connectivity index (χ0) is 16.4. The molecule has 1 aromatic rings. The van der Waals surface area contributed by atoms with Crippen molar-refractivity contribution in [2.45, 2.75) is 40.0 Å². The van der Waals surface area contributed by atoms with E-state index in [0.717, 1.165) is 37.3 Å². The highest BCUT2D eigenvalue weighted by Crippen LogP contribution is 2.13. The Kier molecular flexibility index (Phi) is 8.22. The monoisotopic (exact) mass is 305 g/mol. The molecule has 1 aromatic carbocycles. The van der Waals surface area contributed by atoms with Crippen LogP contribution in [0.4, 0.5) is 11.4 Å². The number of carbonyl (C=O) groups is 2. The van der Waals surface area contributed by atoms with Gasteiger partial charge in [-0.05, 0) is 50.2 Å². The van der Waals surface area contributed by atoms with Crippen molar-refractivity contribution in [3.05, 3.63) is 24.3 Å². The summed E-state index contributed by atoms with van der Waals surface area (Å²) in [7, 11) is 0. The zero-order valence-electron chi connectivity index (χ0n) is 13.8. The van der Waals surface area contributed by atoms with Crippen LogP contribution in [0.25, 0.3) is 0 Å². The van der Waals surface area contributed by atoms with E-state index in [1.54, 1.807) is 24.3 Å². The topological polar surface area (TPSA) is 61.4 Å². The first-order chi connectivity index (χ1) is 10.6. The fourth-order valence-electron chi connectivity index (χ4n) is 2.19. The average molecular weight is 305 g/mol. The first-order valence-corrected chi connectivity index (χ1v) is 8.01. The molecule has 2 N–H and O–H groups in total. The van der Waals surface area contributed by atoms with Crippen molar-refractivity contribution in [1.82, 2.24) is 4.90 Å². The molecule has 5 nitrogen and oxygen atoms in total. The van der Waals surface area contributed by atoms with Gasteiger partial charge in [0.25, 0.3) is 0 Å². The lowest BCUT2D eigenvalue weighted by atomic mass is 10.2. The number of nitrogens with one attached hydrogen (secondary N) is 2. The summed E-state index contributed by atoms with van der Waals surface area (Å²) in [6.07, 6.45) is 2.53. The molecule has 0 radical (unpaired) electrons. The molecule has 0 spiro atoms. The standard InChI is InChI=1S/C17H27N3O2/c1-4-11-20(12-5-2)13-17(22)19-15-9-7-14(8-10-15)18-16(21)6-3/h7-10H,4-6,11-13H2,1-3H3,(H,18,21)(H,19,22). The Balaban J connectivity index is 2.51. The van der Waals surface area contributed by atoms with Crippen molar-refractivity contribution in [3.63, 3.8) is 0 Å². The van der Waals surface area contributed by atoms with E-state index in [1.165, 1.54) is 0 Å². The number of carbonyl (C=O) groups excluding carboxylic acids is 2. The van der Waals surface area contributed by atoms with E-state index in [-0.39, 0.29) is 11.8 Å². The molecule has 0 aromatic heterocycles. The molecule has 0 aliphatic carbocycles. The second kappa shape index (κ2) is 9.95. The first kappa shape index (κ1) is 18.2. The highest BCUT2D eigenvalue weighted by atomic mass is 16.2. The van der Waals surface area contributed by atoms with Gasteiger partial charge in [-0.3, -0.25) is 14.5 Å². The minimum atomic E-state index is -0.0217. The molecule has 5 heteroatoms. The van der Waals surface area contributed by atoms with E-state index >= 15 is 0 Å². The molecule has 0 bridgehead atoms. The quantitative estimate of drug-likeness (QED) is 0.737. The Morgan fingerprint density at radius 2 is 1.32 bits per heavy atom. The average Bonchev–Trinajstić information content (AvgIpc) is 2.49. The van der Waals surface area contributed by atoms with E-state index in [0.29, 0.717) is 13.0 Å². The van der Waals surface area contributed by atoms with Crippen molar-refractivity contribution in [3.8, 4) is 0 Å². The van der Waals surface area contributed by atoms with Gasteiger partial charge in [-0.1, -0.05) is 20.8 Å². The van der Waals surface area contributed by atoms with E-state index in [9.17, 15) is 9.59 Å². The van der Waals surface area contributed by atoms with Crippen LogP contribution in [0.1, 0.15) is 40.0 Å². The van der Waals surface area contributed by atoms with Gasteiger partial charge in [0.05, 0.1) is 6.54 Å². The smallest absolute Gasteiger partial charge is 0.238 e. The van der Waals surface area contributed by atoms with Crippen LogP contribution in [0.3, 0.4) is 0 Å². The van der Waals surface area contributed by atoms with E-state index in [4.69, 9.17) is 0 Å². The lowest BCUT2D eigenvalue weighted by Crippen LogP contribution is -2.34. The Morgan fingerprint density at radius 1 is 0.864 bits per heavy atom. The summed E-state index contributed by atoms with van der Waals surface area (Å²) in [5.41, 5.74) is 1.48. The molecule has 0 unspecified atom stereocenters. The summed E-state index contributed by atoms with van der Waals surface area (Å²) in [6, 6.07) is 7.18. The minimum Gasteiger partial charge on any atom is -0.326 e. The highest BCUT2D eigenvalue weighted by molar-refractivity contribution is 5.93. The summed E-state index contributed by atoms with van der Waals surface area (Å²) in [5, 5.41) is 5.67. The number of benzene rings is 1. The van der Waals surface area contributed by atoms with Crippen molar-refractivity contribution in [2.24, 2.45) is 0 Å². The second-order valence-corrected chi connectivity index (χ2v) is 5.30. The lowest BCUT2D eigenvalue weighted by molar-refractivity contribution is -0.117. The summed E-state index contributed by atoms with van der Waals surface area (Å²) in [5.74, 6) is -0.0289. The molecule has 0 saturated heterocycles. The van der Waals surface area contributed by atoms with Crippen LogP contribution < -0.4 is 10.6 Å². The molecule has 0 heterocycles. The Labute approximate surface area is 133 Å². The van der Waals surface area contributed by atoms with Crippen LogP contribution >= 0.6 is 0 Å². The predicted molar refractivity (Wildman–Crippen MR) is 91.0 cm³/mol. The largest absolute Gasteiger partial charge is 0.326 e. The van der Waals surface area contributed by atoms with E-state index < -0.39 is 0 Å². The maximum Gasteiger partial charge on any atom is 0.238 e. The van der Waals surface area contributed by atoms with Gasteiger partial charge in [0.1, 0.15) is 0 Å². The lowest BCUT2D eigenvalue weighted by Gasteiger charge is -2.20. The summed E-state index contributed by atoms with van der Waals surface area (Å²) >= 11 is 0. The van der Waals surface area contributed by atoms with E-state index in [2.05, 4.69) is 29.4 Å². The van der Waals surface area contributed by atoms with Crippen molar-refractivity contribution >= 4 is 23.2 Å². The number of hydrogen-bond acceptors (Lipinski definition) is 3. The molecule has 22 heavy (non-hydrogen) atoms. The second-order valence-electron chi connectivity index (χ2n) is 5.30. The van der Waals surface area contributed by atoms with Crippen molar-refractivity contribution < 1.29 is 9.59 Å². The zero-order valence-corrected chi connectivity index (χ0v) is 13.8. The van der Waals surface area contributed by atoms with Gasteiger partial charge in [0, 0.05) is 17.8 Å². The van der Waals surface area contributed by atoms with Gasteiger partial charge < -0.3 is 10.6 Å². The molecule has 0 atom stereocenters. The minimum absolute atomic E-state index is 0.00718. The van der Waals surface area contributed by atoms with Gasteiger partial charge in [-0.25, -0.2) is 0 Å². The molecule has 0 fully saturated rings. The van der Waals surface area contributed by atoms with Crippen LogP contribution in [0.2, 0.25) is 0 Å². The van der Waals surface area contributed by atoms with E-state index in [1.807, 2.05) is 6.92 Å². The summed E-state index contributed by atoms with van der Waals surface area (Å²) < 4.78 is 0. The SMILES string of the molecule is CCCN(CCC)CC(=O)Nc1ccc(NC(=O)CC)cc1. The van der Waals surface area contributed by atoms with Crippen molar-refractivity contribution in [1.29, 1.82) is 0 Å². The molecule has 0 saturated carbocycles. The van der Waals surface area contributed by atoms with Gasteiger partial charge >= 0.3 is 0 Å². The van der Waals surface area contributed by atoms with Gasteiger partial charge in [0.2, 0.25) is 11.8 Å². The van der Waals surface area contributed by atoms with Crippen LogP contribution in [-0.2, 0) is 9.59 Å². The van der Waals surface area contributed by atoms with Gasteiger partial charge in [0.15, 0.2) is 0 Å². The third-order valence-electron chi connectivity index (χ3n) is 3.22. The van der Waals surface area contributed by atoms with Crippen LogP contribution in [0.15, 0.2) is 24.3 Å². The first-order valence-electron chi connectivity index (χ1n) is 8.01. The fraction of sp³-hybridized carbons (Fsp3) is 0.529. The summed E-state index contributed by atoms with van der Waals surface area (Å²) in [6.45, 7) is 8.32. The molecule has 2 amide bonds. The summed E-state index contributed by atoms with van der Waals surface area (Å²) in [4.78, 5) is 25.5. The number of hydrogen-bond donors (Lipinski definition) is 2. The Bertz CT molecular complexity index is 465. The number of nitrogens with zero attached hydrogens (tertiary/aromatic N) is 1. The number of anilines is 2. The molecular weight excluding hydrogens is 278 g/mol. The van der Waals surface area contributed by atoms with Crippen LogP contribution in [0, 0.1) is 0 Å².